The molecule has 2 atom stereocenters. The van der Waals surface area contributed by atoms with Gasteiger partial charge in [0.1, 0.15) is 0 Å². The van der Waals surface area contributed by atoms with Crippen LogP contribution in [0.1, 0.15) is 40.0 Å². The van der Waals surface area contributed by atoms with Crippen LogP contribution >= 0.6 is 0 Å². The minimum Gasteiger partial charge on any atom is -0.296 e. The Bertz CT molecular complexity index is 255. The van der Waals surface area contributed by atoms with Gasteiger partial charge in [0.15, 0.2) is 12.0 Å². The number of rotatable bonds is 1. The van der Waals surface area contributed by atoms with Crippen LogP contribution in [0.25, 0.3) is 0 Å². The molecular formula is C12H23FOSi. The summed E-state index contributed by atoms with van der Waals surface area (Å²) in [4.78, 5) is 11.9. The van der Waals surface area contributed by atoms with Gasteiger partial charge in [-0.15, -0.1) is 0 Å². The minimum atomic E-state index is -1.70. The summed E-state index contributed by atoms with van der Waals surface area (Å²) >= 11 is 0. The fourth-order valence-corrected chi connectivity index (χ4v) is 5.11. The first-order valence-corrected chi connectivity index (χ1v) is 8.93. The molecule has 0 amide bonds. The molecule has 1 aliphatic rings. The van der Waals surface area contributed by atoms with Crippen LogP contribution in [-0.2, 0) is 4.79 Å². The highest BCUT2D eigenvalue weighted by Crippen LogP contribution is 2.48. The van der Waals surface area contributed by atoms with Crippen LogP contribution in [0.3, 0.4) is 0 Å². The largest absolute Gasteiger partial charge is 0.296 e. The van der Waals surface area contributed by atoms with Gasteiger partial charge >= 0.3 is 0 Å². The van der Waals surface area contributed by atoms with Gasteiger partial charge in [0.2, 0.25) is 0 Å². The molecule has 3 heteroatoms. The van der Waals surface area contributed by atoms with Crippen LogP contribution in [0.15, 0.2) is 0 Å². The Morgan fingerprint density at radius 3 is 2.27 bits per heavy atom. The van der Waals surface area contributed by atoms with Crippen LogP contribution < -0.4 is 0 Å². The van der Waals surface area contributed by atoms with Crippen molar-refractivity contribution in [3.05, 3.63) is 0 Å². The molecule has 88 valence electrons. The van der Waals surface area contributed by atoms with Crippen LogP contribution in [0.5, 0.6) is 0 Å². The van der Waals surface area contributed by atoms with Crippen molar-refractivity contribution in [2.24, 2.45) is 0 Å². The third kappa shape index (κ3) is 2.32. The van der Waals surface area contributed by atoms with Crippen LogP contribution in [-0.4, -0.2) is 20.0 Å². The molecule has 0 aliphatic heterocycles. The van der Waals surface area contributed by atoms with E-state index in [1.807, 2.05) is 0 Å². The third-order valence-electron chi connectivity index (χ3n) is 4.41. The Labute approximate surface area is 93.5 Å². The zero-order chi connectivity index (χ0) is 11.9. The number of Topliss-reactive ketones (excluding diaryl/α,β-unsaturated/α-hetero) is 1. The fraction of sp³-hybridized carbons (Fsp3) is 0.917. The van der Waals surface area contributed by atoms with Gasteiger partial charge in [-0.2, -0.15) is 0 Å². The molecule has 0 radical (unpaired) electrons. The number of hydrogen-bond donors (Lipinski definition) is 0. The lowest BCUT2D eigenvalue weighted by atomic mass is 9.97. The molecule has 0 N–H and O–H groups in total. The quantitative estimate of drug-likeness (QED) is 0.623. The van der Waals surface area contributed by atoms with Gasteiger partial charge in [-0.05, 0) is 24.3 Å². The lowest BCUT2D eigenvalue weighted by Crippen LogP contribution is -2.48. The van der Waals surface area contributed by atoms with Crippen LogP contribution in [0.4, 0.5) is 4.39 Å². The Balaban J connectivity index is 2.91. The van der Waals surface area contributed by atoms with E-state index in [-0.39, 0.29) is 16.4 Å². The molecule has 0 heterocycles. The molecule has 1 rings (SSSR count). The van der Waals surface area contributed by atoms with Crippen molar-refractivity contribution in [1.29, 1.82) is 0 Å². The first kappa shape index (κ1) is 12.9. The molecule has 0 aromatic carbocycles. The average Bonchev–Trinajstić information content (AvgIpc) is 2.07. The van der Waals surface area contributed by atoms with Gasteiger partial charge in [0, 0.05) is 5.54 Å². The van der Waals surface area contributed by atoms with Crippen molar-refractivity contribution in [3.63, 3.8) is 0 Å². The van der Waals surface area contributed by atoms with E-state index in [1.165, 1.54) is 0 Å². The zero-order valence-electron chi connectivity index (χ0n) is 10.6. The monoisotopic (exact) mass is 230 g/mol. The average molecular weight is 230 g/mol. The third-order valence-corrected chi connectivity index (χ3v) is 10.6. The number of carbonyl (C=O) groups excluding carboxylic acids is 1. The second kappa shape index (κ2) is 4.00. The maximum atomic E-state index is 13.4. The maximum Gasteiger partial charge on any atom is 0.167 e. The van der Waals surface area contributed by atoms with E-state index in [4.69, 9.17) is 0 Å². The molecule has 1 nitrogen and oxygen atoms in total. The summed E-state index contributed by atoms with van der Waals surface area (Å²) in [5, 5.41) is 0.171. The van der Waals surface area contributed by atoms with E-state index >= 15 is 0 Å². The lowest BCUT2D eigenvalue weighted by molar-refractivity contribution is -0.125. The van der Waals surface area contributed by atoms with Crippen molar-refractivity contribution in [1.82, 2.24) is 0 Å². The van der Waals surface area contributed by atoms with Crippen LogP contribution in [0.2, 0.25) is 23.7 Å². The molecule has 0 spiro atoms. The summed E-state index contributed by atoms with van der Waals surface area (Å²) in [5.41, 5.74) is 0.0289. The highest BCUT2D eigenvalue weighted by atomic mass is 28.3. The maximum absolute atomic E-state index is 13.4. The molecule has 1 saturated carbocycles. The van der Waals surface area contributed by atoms with Crippen LogP contribution in [0, 0.1) is 0 Å². The Morgan fingerprint density at radius 1 is 1.27 bits per heavy atom. The summed E-state index contributed by atoms with van der Waals surface area (Å²) in [6, 6.07) is 0. The Kier molecular flexibility index (Phi) is 3.44. The molecule has 1 fully saturated rings. The number of alkyl halides is 1. The molecule has 1 aliphatic carbocycles. The highest BCUT2D eigenvalue weighted by Gasteiger charge is 2.48. The predicted molar refractivity (Wildman–Crippen MR) is 64.7 cm³/mol. The van der Waals surface area contributed by atoms with Gasteiger partial charge in [-0.25, -0.2) is 4.39 Å². The number of ketones is 1. The van der Waals surface area contributed by atoms with Gasteiger partial charge in [-0.1, -0.05) is 33.9 Å². The fourth-order valence-electron chi connectivity index (χ4n) is 2.24. The van der Waals surface area contributed by atoms with E-state index in [0.717, 1.165) is 12.8 Å². The summed E-state index contributed by atoms with van der Waals surface area (Å²) < 4.78 is 13.4. The minimum absolute atomic E-state index is 0.0289. The van der Waals surface area contributed by atoms with Crippen molar-refractivity contribution >= 4 is 13.9 Å². The second-order valence-electron chi connectivity index (χ2n) is 6.33. The lowest BCUT2D eigenvalue weighted by Gasteiger charge is -2.44. The normalized spacial score (nSPS) is 29.3. The van der Waals surface area contributed by atoms with E-state index in [0.29, 0.717) is 6.42 Å². The molecule has 15 heavy (non-hydrogen) atoms. The number of carbonyl (C=O) groups is 1. The number of halogens is 1. The number of hydrogen-bond acceptors (Lipinski definition) is 1. The first-order chi connectivity index (χ1) is 6.68. The van der Waals surface area contributed by atoms with Crippen molar-refractivity contribution in [2.75, 3.05) is 0 Å². The summed E-state index contributed by atoms with van der Waals surface area (Å²) in [5.74, 6) is -0.104. The van der Waals surface area contributed by atoms with E-state index in [9.17, 15) is 9.18 Å². The molecule has 0 aromatic rings. The Morgan fingerprint density at radius 2 is 1.80 bits per heavy atom. The standard InChI is InChI=1S/C12H23FOSi/c1-12(2,3)15(4,5)10-8-6-7-9(13)11(10)14/h9-10H,6-8H2,1-5H3/t9-,10-/m1/s1. The SMILES string of the molecule is CC(C)(C)[Si](C)(C)[C@@H]1CCC[C@@H](F)C1=O. The predicted octanol–water partition coefficient (Wildman–Crippen LogP) is 3.96. The summed E-state index contributed by atoms with van der Waals surface area (Å²) in [6.07, 6.45) is 1.06. The van der Waals surface area contributed by atoms with E-state index in [2.05, 4.69) is 33.9 Å². The van der Waals surface area contributed by atoms with E-state index in [1.54, 1.807) is 0 Å². The van der Waals surface area contributed by atoms with Crippen molar-refractivity contribution < 1.29 is 9.18 Å². The molecule has 0 unspecified atom stereocenters. The highest BCUT2D eigenvalue weighted by molar-refractivity contribution is 6.84. The molecular weight excluding hydrogens is 207 g/mol. The molecule has 0 bridgehead atoms. The zero-order valence-corrected chi connectivity index (χ0v) is 11.6. The first-order valence-electron chi connectivity index (χ1n) is 5.85. The second-order valence-corrected chi connectivity index (χ2v) is 12.0. The van der Waals surface area contributed by atoms with Gasteiger partial charge in [0.05, 0.1) is 8.07 Å². The summed E-state index contributed by atoms with van der Waals surface area (Å²) in [7, 11) is -1.70. The van der Waals surface area contributed by atoms with E-state index < -0.39 is 14.2 Å². The topological polar surface area (TPSA) is 17.1 Å². The Hall–Kier alpha value is -0.183. The van der Waals surface area contributed by atoms with Crippen molar-refractivity contribution in [2.45, 2.75) is 69.9 Å². The van der Waals surface area contributed by atoms with Gasteiger partial charge in [0.25, 0.3) is 0 Å². The molecule has 0 aromatic heterocycles. The van der Waals surface area contributed by atoms with Crippen molar-refractivity contribution in [3.8, 4) is 0 Å². The molecule has 0 saturated heterocycles. The smallest absolute Gasteiger partial charge is 0.167 e. The van der Waals surface area contributed by atoms with Gasteiger partial charge < -0.3 is 0 Å². The summed E-state index contributed by atoms with van der Waals surface area (Å²) in [6.45, 7) is 11.0. The van der Waals surface area contributed by atoms with Gasteiger partial charge in [-0.3, -0.25) is 4.79 Å².